The highest BCUT2D eigenvalue weighted by Crippen LogP contribution is 2.31. The Morgan fingerprint density at radius 2 is 1.81 bits per heavy atom. The summed E-state index contributed by atoms with van der Waals surface area (Å²) in [7, 11) is -2.18. The molecule has 0 radical (unpaired) electrons. The molecule has 9 heteroatoms. The number of hydrogen-bond acceptors (Lipinski definition) is 6. The van der Waals surface area contributed by atoms with Gasteiger partial charge in [-0.25, -0.2) is 13.1 Å². The first-order valence-electron chi connectivity index (χ1n) is 10.6. The summed E-state index contributed by atoms with van der Waals surface area (Å²) in [5, 5.41) is 16.5. The van der Waals surface area contributed by atoms with Crippen molar-refractivity contribution >= 4 is 15.7 Å². The fraction of sp³-hybridized carbons (Fsp3) is 0.409. The number of sulfonamides is 1. The van der Waals surface area contributed by atoms with Crippen LogP contribution in [0.2, 0.25) is 0 Å². The first-order valence-corrected chi connectivity index (χ1v) is 12.1. The van der Waals surface area contributed by atoms with Crippen LogP contribution in [0.4, 0.5) is 5.69 Å². The highest BCUT2D eigenvalue weighted by molar-refractivity contribution is 7.89. The molecule has 2 aromatic carbocycles. The van der Waals surface area contributed by atoms with Crippen molar-refractivity contribution in [2.45, 2.75) is 56.5 Å². The lowest BCUT2D eigenvalue weighted by Crippen LogP contribution is -2.23. The van der Waals surface area contributed by atoms with E-state index in [9.17, 15) is 8.42 Å². The summed E-state index contributed by atoms with van der Waals surface area (Å²) in [6.45, 7) is 2.54. The van der Waals surface area contributed by atoms with Gasteiger partial charge >= 0.3 is 0 Å². The molecule has 1 aliphatic rings. The van der Waals surface area contributed by atoms with E-state index >= 15 is 0 Å². The number of hydrogen-bond donors (Lipinski definition) is 2. The van der Waals surface area contributed by atoms with Gasteiger partial charge in [-0.1, -0.05) is 49.1 Å². The van der Waals surface area contributed by atoms with E-state index in [1.165, 1.54) is 36.7 Å². The molecule has 164 valence electrons. The third kappa shape index (κ3) is 5.11. The second-order valence-corrected chi connectivity index (χ2v) is 9.91. The van der Waals surface area contributed by atoms with Crippen molar-refractivity contribution in [3.8, 4) is 11.4 Å². The van der Waals surface area contributed by atoms with E-state index in [1.54, 1.807) is 18.2 Å². The van der Waals surface area contributed by atoms with E-state index in [4.69, 9.17) is 0 Å². The summed E-state index contributed by atoms with van der Waals surface area (Å²) in [6, 6.07) is 13.6. The topological polar surface area (TPSA) is 102 Å². The summed E-state index contributed by atoms with van der Waals surface area (Å²) < 4.78 is 27.1. The summed E-state index contributed by atoms with van der Waals surface area (Å²) in [6.07, 6.45) is 5.86. The summed E-state index contributed by atoms with van der Waals surface area (Å²) in [5.41, 5.74) is 3.73. The quantitative estimate of drug-likeness (QED) is 0.584. The first-order chi connectivity index (χ1) is 14.9. The predicted octanol–water partition coefficient (Wildman–Crippen LogP) is 3.35. The van der Waals surface area contributed by atoms with Gasteiger partial charge in [0, 0.05) is 17.3 Å². The molecule has 4 rings (SSSR count). The standard InChI is InChI=1S/C22H28N6O2S/c1-16-8-10-17(11-9-16)15-28-26-22(25-27-28)20-14-19(31(29,30)23-2)12-13-21(20)24-18-6-4-3-5-7-18/h8-14,18,23-24H,3-7,15H2,1-2H3. The molecular weight excluding hydrogens is 412 g/mol. The zero-order valence-electron chi connectivity index (χ0n) is 17.9. The maximum Gasteiger partial charge on any atom is 0.240 e. The van der Waals surface area contributed by atoms with E-state index < -0.39 is 10.0 Å². The molecule has 8 nitrogen and oxygen atoms in total. The number of aromatic nitrogens is 4. The second-order valence-electron chi connectivity index (χ2n) is 8.02. The van der Waals surface area contributed by atoms with Gasteiger partial charge in [0.15, 0.2) is 0 Å². The maximum absolute atomic E-state index is 12.4. The van der Waals surface area contributed by atoms with Crippen molar-refractivity contribution < 1.29 is 8.42 Å². The monoisotopic (exact) mass is 440 g/mol. The van der Waals surface area contributed by atoms with E-state index in [1.807, 2.05) is 31.2 Å². The molecule has 0 atom stereocenters. The molecule has 1 saturated carbocycles. The number of benzene rings is 2. The molecule has 1 heterocycles. The van der Waals surface area contributed by atoms with Crippen molar-refractivity contribution in [3.63, 3.8) is 0 Å². The molecule has 0 aliphatic heterocycles. The number of anilines is 1. The van der Waals surface area contributed by atoms with Crippen LogP contribution in [0.5, 0.6) is 0 Å². The Morgan fingerprint density at radius 3 is 2.52 bits per heavy atom. The predicted molar refractivity (Wildman–Crippen MR) is 120 cm³/mol. The zero-order valence-corrected chi connectivity index (χ0v) is 18.7. The Bertz CT molecular complexity index is 1140. The number of nitrogens with one attached hydrogen (secondary N) is 2. The minimum Gasteiger partial charge on any atom is -0.382 e. The lowest BCUT2D eigenvalue weighted by atomic mass is 9.95. The van der Waals surface area contributed by atoms with Gasteiger partial charge in [-0.2, -0.15) is 4.80 Å². The minimum atomic E-state index is -3.58. The van der Waals surface area contributed by atoms with Gasteiger partial charge in [0.25, 0.3) is 0 Å². The molecule has 0 unspecified atom stereocenters. The maximum atomic E-state index is 12.4. The summed E-state index contributed by atoms with van der Waals surface area (Å²) in [5.74, 6) is 0.401. The molecule has 1 aromatic heterocycles. The van der Waals surface area contributed by atoms with Crippen LogP contribution in [0.1, 0.15) is 43.2 Å². The first kappa shape index (κ1) is 21.5. The third-order valence-electron chi connectivity index (χ3n) is 5.67. The van der Waals surface area contributed by atoms with Gasteiger partial charge in [0.05, 0.1) is 11.4 Å². The number of rotatable bonds is 7. The van der Waals surface area contributed by atoms with Crippen molar-refractivity contribution in [3.05, 3.63) is 53.6 Å². The van der Waals surface area contributed by atoms with Crippen molar-refractivity contribution in [2.24, 2.45) is 0 Å². The van der Waals surface area contributed by atoms with Gasteiger partial charge in [-0.3, -0.25) is 0 Å². The van der Waals surface area contributed by atoms with Gasteiger partial charge in [-0.05, 0) is 55.8 Å². The average Bonchev–Trinajstić information content (AvgIpc) is 3.24. The Kier molecular flexibility index (Phi) is 6.33. The smallest absolute Gasteiger partial charge is 0.240 e. The van der Waals surface area contributed by atoms with Gasteiger partial charge in [0.1, 0.15) is 0 Å². The van der Waals surface area contributed by atoms with E-state index in [-0.39, 0.29) is 4.90 Å². The minimum absolute atomic E-state index is 0.175. The molecule has 0 amide bonds. The van der Waals surface area contributed by atoms with Crippen LogP contribution in [0.3, 0.4) is 0 Å². The Balaban J connectivity index is 1.66. The van der Waals surface area contributed by atoms with Crippen LogP contribution < -0.4 is 10.0 Å². The number of tetrazole rings is 1. The van der Waals surface area contributed by atoms with Crippen LogP contribution in [0.15, 0.2) is 47.4 Å². The summed E-state index contributed by atoms with van der Waals surface area (Å²) >= 11 is 0. The molecule has 0 bridgehead atoms. The Labute approximate surface area is 183 Å². The molecular formula is C22H28N6O2S. The molecule has 3 aromatic rings. The fourth-order valence-electron chi connectivity index (χ4n) is 3.86. The lowest BCUT2D eigenvalue weighted by molar-refractivity contribution is 0.463. The van der Waals surface area contributed by atoms with Gasteiger partial charge < -0.3 is 5.32 Å². The van der Waals surface area contributed by atoms with Crippen molar-refractivity contribution in [1.29, 1.82) is 0 Å². The number of aryl methyl sites for hydroxylation is 1. The fourth-order valence-corrected chi connectivity index (χ4v) is 4.62. The molecule has 1 aliphatic carbocycles. The van der Waals surface area contributed by atoms with E-state index in [0.717, 1.165) is 24.1 Å². The normalized spacial score (nSPS) is 15.2. The molecule has 2 N–H and O–H groups in total. The van der Waals surface area contributed by atoms with E-state index in [0.29, 0.717) is 24.0 Å². The third-order valence-corrected chi connectivity index (χ3v) is 7.09. The van der Waals surface area contributed by atoms with Crippen LogP contribution >= 0.6 is 0 Å². The van der Waals surface area contributed by atoms with Gasteiger partial charge in [-0.15, -0.1) is 10.2 Å². The zero-order chi connectivity index (χ0) is 21.8. The van der Waals surface area contributed by atoms with Crippen LogP contribution in [0, 0.1) is 6.92 Å². The van der Waals surface area contributed by atoms with Crippen molar-refractivity contribution in [2.75, 3.05) is 12.4 Å². The van der Waals surface area contributed by atoms with Gasteiger partial charge in [0.2, 0.25) is 15.8 Å². The highest BCUT2D eigenvalue weighted by Gasteiger charge is 2.20. The molecule has 0 spiro atoms. The molecule has 0 saturated heterocycles. The molecule has 31 heavy (non-hydrogen) atoms. The van der Waals surface area contributed by atoms with E-state index in [2.05, 4.69) is 25.4 Å². The SMILES string of the molecule is CNS(=O)(=O)c1ccc(NC2CCCCC2)c(-c2nnn(Cc3ccc(C)cc3)n2)c1. The second kappa shape index (κ2) is 9.15. The van der Waals surface area contributed by atoms with Crippen LogP contribution in [-0.4, -0.2) is 41.7 Å². The highest BCUT2D eigenvalue weighted by atomic mass is 32.2. The lowest BCUT2D eigenvalue weighted by Gasteiger charge is -2.25. The Morgan fingerprint density at radius 1 is 1.06 bits per heavy atom. The average molecular weight is 441 g/mol. The van der Waals surface area contributed by atoms with Crippen LogP contribution in [-0.2, 0) is 16.6 Å². The van der Waals surface area contributed by atoms with Crippen LogP contribution in [0.25, 0.3) is 11.4 Å². The number of nitrogens with zero attached hydrogens (tertiary/aromatic N) is 4. The summed E-state index contributed by atoms with van der Waals surface area (Å²) in [4.78, 5) is 1.71. The molecule has 1 fully saturated rings. The largest absolute Gasteiger partial charge is 0.382 e. The van der Waals surface area contributed by atoms with Crippen molar-refractivity contribution in [1.82, 2.24) is 24.9 Å². The Hall–Kier alpha value is -2.78.